The van der Waals surface area contributed by atoms with Gasteiger partial charge in [0.05, 0.1) is 6.20 Å². The highest BCUT2D eigenvalue weighted by Gasteiger charge is 2.32. The molecule has 0 aliphatic carbocycles. The van der Waals surface area contributed by atoms with Crippen molar-refractivity contribution < 1.29 is 29.3 Å². The Bertz CT molecular complexity index is 983. The van der Waals surface area contributed by atoms with Crippen molar-refractivity contribution in [2.75, 3.05) is 13.1 Å². The predicted molar refractivity (Wildman–Crippen MR) is 106 cm³/mol. The molecule has 0 saturated heterocycles. The van der Waals surface area contributed by atoms with Crippen LogP contribution in [0.25, 0.3) is 0 Å². The summed E-state index contributed by atoms with van der Waals surface area (Å²) in [6.45, 7) is 1.72. The van der Waals surface area contributed by atoms with Gasteiger partial charge in [0.25, 0.3) is 11.8 Å². The summed E-state index contributed by atoms with van der Waals surface area (Å²) in [7, 11) is 0. The molecule has 0 fully saturated rings. The average molecular weight is 411 g/mol. The number of nitrogens with one attached hydrogen (secondary N) is 1. The first kappa shape index (κ1) is 20.8. The summed E-state index contributed by atoms with van der Waals surface area (Å²) in [6.07, 6.45) is 1.74. The van der Waals surface area contributed by atoms with Crippen molar-refractivity contribution in [1.82, 2.24) is 15.2 Å². The summed E-state index contributed by atoms with van der Waals surface area (Å²) < 4.78 is 5.72. The number of aliphatic hydroxyl groups is 1. The van der Waals surface area contributed by atoms with Crippen molar-refractivity contribution in [3.8, 4) is 11.5 Å². The van der Waals surface area contributed by atoms with E-state index >= 15 is 0 Å². The van der Waals surface area contributed by atoms with Crippen molar-refractivity contribution in [1.29, 1.82) is 0 Å². The second-order valence-corrected chi connectivity index (χ2v) is 6.76. The Hall–Kier alpha value is -3.88. The van der Waals surface area contributed by atoms with Crippen LogP contribution < -0.4 is 10.1 Å². The number of nitrogens with zero attached hydrogens (tertiary/aromatic N) is 2. The van der Waals surface area contributed by atoms with Gasteiger partial charge in [-0.05, 0) is 36.8 Å². The number of ether oxygens (including phenoxy) is 1. The molecule has 1 aromatic heterocycles. The maximum Gasteiger partial charge on any atom is 0.322 e. The van der Waals surface area contributed by atoms with Crippen LogP contribution in [-0.4, -0.2) is 51.0 Å². The molecule has 1 aliphatic rings. The first-order valence-corrected chi connectivity index (χ1v) is 9.24. The first-order valence-electron chi connectivity index (χ1n) is 9.24. The number of carbonyl (C=O) groups is 3. The fourth-order valence-corrected chi connectivity index (χ4v) is 2.91. The van der Waals surface area contributed by atoms with Crippen molar-refractivity contribution in [2.45, 2.75) is 19.9 Å². The average Bonchev–Trinajstić information content (AvgIpc) is 2.72. The molecule has 2 amide bonds. The molecule has 0 radical (unpaired) electrons. The Morgan fingerprint density at radius 2 is 1.87 bits per heavy atom. The van der Waals surface area contributed by atoms with E-state index in [0.717, 1.165) is 11.3 Å². The van der Waals surface area contributed by atoms with Gasteiger partial charge in [-0.1, -0.05) is 12.1 Å². The SMILES string of the molecule is Cc1ccc(Oc2ccc(CN3CCC(O)=C(C(=O)NCC(=O)O)C3=O)cc2)cn1. The number of aryl methyl sites for hydroxylation is 1. The van der Waals surface area contributed by atoms with E-state index in [1.165, 1.54) is 4.90 Å². The molecule has 1 aromatic carbocycles. The number of aromatic nitrogens is 1. The van der Waals surface area contributed by atoms with E-state index in [4.69, 9.17) is 9.84 Å². The summed E-state index contributed by atoms with van der Waals surface area (Å²) >= 11 is 0. The lowest BCUT2D eigenvalue weighted by Gasteiger charge is -2.28. The van der Waals surface area contributed by atoms with Crippen LogP contribution in [0.1, 0.15) is 17.7 Å². The molecule has 156 valence electrons. The molecule has 0 spiro atoms. The van der Waals surface area contributed by atoms with Gasteiger partial charge in [0.1, 0.15) is 29.4 Å². The zero-order chi connectivity index (χ0) is 21.7. The molecule has 9 heteroatoms. The first-order chi connectivity index (χ1) is 14.3. The van der Waals surface area contributed by atoms with Gasteiger partial charge in [0.15, 0.2) is 0 Å². The van der Waals surface area contributed by atoms with Crippen LogP contribution in [0.2, 0.25) is 0 Å². The second kappa shape index (κ2) is 9.08. The number of benzene rings is 1. The molecular formula is C21H21N3O6. The number of aliphatic carboxylic acids is 1. The molecule has 3 rings (SSSR count). The van der Waals surface area contributed by atoms with E-state index in [9.17, 15) is 19.5 Å². The minimum Gasteiger partial charge on any atom is -0.511 e. The zero-order valence-electron chi connectivity index (χ0n) is 16.3. The van der Waals surface area contributed by atoms with Gasteiger partial charge >= 0.3 is 5.97 Å². The monoisotopic (exact) mass is 411 g/mol. The smallest absolute Gasteiger partial charge is 0.322 e. The molecule has 2 heterocycles. The maximum absolute atomic E-state index is 12.6. The lowest BCUT2D eigenvalue weighted by Crippen LogP contribution is -2.43. The number of carbonyl (C=O) groups excluding carboxylic acids is 2. The van der Waals surface area contributed by atoms with Crippen molar-refractivity contribution in [3.63, 3.8) is 0 Å². The van der Waals surface area contributed by atoms with Crippen LogP contribution in [-0.2, 0) is 20.9 Å². The molecule has 9 nitrogen and oxygen atoms in total. The number of pyridine rings is 1. The number of carboxylic acids is 1. The van der Waals surface area contributed by atoms with Gasteiger partial charge in [-0.15, -0.1) is 0 Å². The van der Waals surface area contributed by atoms with E-state index < -0.39 is 29.9 Å². The van der Waals surface area contributed by atoms with Crippen molar-refractivity contribution >= 4 is 17.8 Å². The highest BCUT2D eigenvalue weighted by atomic mass is 16.5. The highest BCUT2D eigenvalue weighted by Crippen LogP contribution is 2.23. The molecule has 0 saturated carbocycles. The van der Waals surface area contributed by atoms with E-state index in [1.54, 1.807) is 30.5 Å². The van der Waals surface area contributed by atoms with E-state index in [2.05, 4.69) is 10.3 Å². The van der Waals surface area contributed by atoms with Gasteiger partial charge in [0, 0.05) is 25.2 Å². The van der Waals surface area contributed by atoms with Gasteiger partial charge in [-0.2, -0.15) is 0 Å². The largest absolute Gasteiger partial charge is 0.511 e. The topological polar surface area (TPSA) is 129 Å². The number of amides is 2. The summed E-state index contributed by atoms with van der Waals surface area (Å²) in [5.41, 5.74) is 1.28. The third-order valence-electron chi connectivity index (χ3n) is 4.45. The summed E-state index contributed by atoms with van der Waals surface area (Å²) in [5, 5.41) is 20.7. The Labute approximate surface area is 172 Å². The number of rotatable bonds is 7. The number of carboxylic acid groups (broad SMARTS) is 1. The molecule has 1 aliphatic heterocycles. The van der Waals surface area contributed by atoms with Crippen molar-refractivity contribution in [2.24, 2.45) is 0 Å². The van der Waals surface area contributed by atoms with Gasteiger partial charge < -0.3 is 25.2 Å². The molecule has 3 N–H and O–H groups in total. The zero-order valence-corrected chi connectivity index (χ0v) is 16.3. The van der Waals surface area contributed by atoms with Crippen LogP contribution >= 0.6 is 0 Å². The fraction of sp³-hybridized carbons (Fsp3) is 0.238. The number of hydrogen-bond donors (Lipinski definition) is 3. The predicted octanol–water partition coefficient (Wildman–Crippen LogP) is 1.93. The molecule has 0 bridgehead atoms. The van der Waals surface area contributed by atoms with E-state index in [1.807, 2.05) is 19.1 Å². The van der Waals surface area contributed by atoms with Crippen LogP contribution in [0.3, 0.4) is 0 Å². The van der Waals surface area contributed by atoms with Crippen molar-refractivity contribution in [3.05, 3.63) is 65.2 Å². The van der Waals surface area contributed by atoms with E-state index in [-0.39, 0.29) is 25.3 Å². The second-order valence-electron chi connectivity index (χ2n) is 6.76. The summed E-state index contributed by atoms with van der Waals surface area (Å²) in [5.74, 6) is -1.91. The number of aliphatic hydroxyl groups excluding tert-OH is 1. The molecule has 0 unspecified atom stereocenters. The summed E-state index contributed by atoms with van der Waals surface area (Å²) in [4.78, 5) is 40.9. The minimum atomic E-state index is -1.24. The molecule has 30 heavy (non-hydrogen) atoms. The maximum atomic E-state index is 12.6. The molecule has 2 aromatic rings. The standard InChI is InChI=1S/C21H21N3O6/c1-13-2-5-16(10-22-13)30-15-6-3-14(4-7-15)12-24-9-8-17(25)19(21(24)29)20(28)23-11-18(26)27/h2-7,10,25H,8-9,11-12H2,1H3,(H,23,28)(H,26,27). The van der Waals surface area contributed by atoms with Crippen LogP contribution in [0.4, 0.5) is 0 Å². The van der Waals surface area contributed by atoms with Crippen LogP contribution in [0.15, 0.2) is 53.9 Å². The lowest BCUT2D eigenvalue weighted by atomic mass is 10.0. The fourth-order valence-electron chi connectivity index (χ4n) is 2.91. The van der Waals surface area contributed by atoms with Gasteiger partial charge in [-0.25, -0.2) is 0 Å². The third-order valence-corrected chi connectivity index (χ3v) is 4.45. The number of hydrogen-bond acceptors (Lipinski definition) is 6. The van der Waals surface area contributed by atoms with Crippen LogP contribution in [0.5, 0.6) is 11.5 Å². The Kier molecular flexibility index (Phi) is 6.31. The Morgan fingerprint density at radius 1 is 1.17 bits per heavy atom. The Morgan fingerprint density at radius 3 is 2.50 bits per heavy atom. The molecular weight excluding hydrogens is 390 g/mol. The van der Waals surface area contributed by atoms with Gasteiger partial charge in [0.2, 0.25) is 0 Å². The lowest BCUT2D eigenvalue weighted by molar-refractivity contribution is -0.138. The van der Waals surface area contributed by atoms with Crippen LogP contribution in [0, 0.1) is 6.92 Å². The summed E-state index contributed by atoms with van der Waals surface area (Å²) in [6, 6.07) is 10.8. The van der Waals surface area contributed by atoms with E-state index in [0.29, 0.717) is 11.5 Å². The molecule has 0 atom stereocenters. The quantitative estimate of drug-likeness (QED) is 0.594. The Balaban J connectivity index is 1.64. The minimum absolute atomic E-state index is 0.114. The van der Waals surface area contributed by atoms with Gasteiger partial charge in [-0.3, -0.25) is 19.4 Å². The normalized spacial score (nSPS) is 13.9. The highest BCUT2D eigenvalue weighted by molar-refractivity contribution is 6.19. The third kappa shape index (κ3) is 5.13.